The summed E-state index contributed by atoms with van der Waals surface area (Å²) in [5.41, 5.74) is 4.62. The van der Waals surface area contributed by atoms with Crippen LogP contribution in [-0.2, 0) is 0 Å². The highest BCUT2D eigenvalue weighted by Crippen LogP contribution is 2.40. The fourth-order valence-corrected chi connectivity index (χ4v) is 50.5. The summed E-state index contributed by atoms with van der Waals surface area (Å²) in [6.45, 7) is 5.03. The molecule has 2 aliphatic rings. The third kappa shape index (κ3) is 9.90. The Morgan fingerprint density at radius 3 is 1.65 bits per heavy atom. The molecule has 0 bridgehead atoms. The van der Waals surface area contributed by atoms with Gasteiger partial charge in [0.2, 0.25) is 7.91 Å². The van der Waals surface area contributed by atoms with Crippen molar-refractivity contribution in [1.29, 1.82) is 0 Å². The minimum atomic E-state index is -2.24. The maximum Gasteiger partial charge on any atom is 0.239 e. The van der Waals surface area contributed by atoms with Crippen molar-refractivity contribution in [3.8, 4) is 0 Å². The molecular weight excluding hydrogens is 717 g/mol. The normalized spacial score (nSPS) is 19.0. The Balaban J connectivity index is 1.62. The first-order valence-corrected chi connectivity index (χ1v) is 34.8. The predicted octanol–water partition coefficient (Wildman–Crippen LogP) is 6.76. The van der Waals surface area contributed by atoms with Crippen molar-refractivity contribution in [3.63, 3.8) is 0 Å². The van der Waals surface area contributed by atoms with Crippen molar-refractivity contribution in [2.24, 2.45) is 0 Å². The Morgan fingerprint density at radius 1 is 0.686 bits per heavy atom. The van der Waals surface area contributed by atoms with E-state index < -0.39 is 24.9 Å². The van der Waals surface area contributed by atoms with Crippen LogP contribution >= 0.6 is 0 Å². The van der Waals surface area contributed by atoms with Crippen LogP contribution in [0.5, 0.6) is 0 Å². The number of hydrogen-bond acceptors (Lipinski definition) is 4. The Labute approximate surface area is 325 Å². The van der Waals surface area contributed by atoms with Gasteiger partial charge in [-0.1, -0.05) is 112 Å². The molecule has 0 N–H and O–H groups in total. The molecule has 0 saturated heterocycles. The monoisotopic (exact) mass is 788 g/mol. The van der Waals surface area contributed by atoms with Gasteiger partial charge in [-0.3, -0.25) is 0 Å². The number of benzene rings is 3. The minimum Gasteiger partial charge on any atom is -0.401 e. The maximum absolute atomic E-state index is 3.21. The summed E-state index contributed by atoms with van der Waals surface area (Å²) in [4.78, 5) is 0. The number of hydrogen-bond donors (Lipinski definition) is 0. The first-order valence-electron chi connectivity index (χ1n) is 21.1. The Morgan fingerprint density at radius 2 is 1.16 bits per heavy atom. The van der Waals surface area contributed by atoms with E-state index in [0.717, 1.165) is 6.04 Å². The maximum atomic E-state index is 3.21. The standard InChI is InChI=1S/C41H72N4Si6/c1-5-36(2)45(41-28-16-9-17-29-41)51(42(3)4,50(34-31-47)44(39-22-12-7-13-23-39)40-24-14-8-15-25-40)35-32-48-49(33-30-46)43(38-26-18-19-27-38)37-20-10-6-11-21-37/h6-7,9-13,16-17,20-23,28-29,36,38,40,49-50H,5,8,14-15,18-19,24-27,30-35,48H2,1-4,46-47H3. The summed E-state index contributed by atoms with van der Waals surface area (Å²) in [6, 6.07) is 46.5. The van der Waals surface area contributed by atoms with Gasteiger partial charge < -0.3 is 18.3 Å². The Bertz CT molecular complexity index is 1380. The van der Waals surface area contributed by atoms with Gasteiger partial charge in [0.25, 0.3) is 0 Å². The first kappa shape index (κ1) is 40.5. The molecule has 0 spiro atoms. The molecule has 51 heavy (non-hydrogen) atoms. The zero-order valence-corrected chi connectivity index (χ0v) is 42.1. The van der Waals surface area contributed by atoms with Crippen LogP contribution in [-0.4, -0.2) is 91.2 Å². The van der Waals surface area contributed by atoms with Gasteiger partial charge in [0.1, 0.15) is 8.48 Å². The van der Waals surface area contributed by atoms with Gasteiger partial charge in [-0.15, -0.1) is 0 Å². The highest BCUT2D eigenvalue weighted by molar-refractivity contribution is 7.35. The molecule has 2 aliphatic carbocycles. The average molecular weight is 790 g/mol. The zero-order chi connectivity index (χ0) is 36.1. The number of para-hydroxylation sites is 3. The third-order valence-corrected chi connectivity index (χ3v) is 42.5. The SMILES string of the molecule is CCC(C)N(c1ccccc1)[Si](CC[SiH2][SiH](CC[SiH3])N(c1ccccc1)C1CCCC1)(N(C)C)[SiH](CC[SiH3])N(c1ccccc1)C1CCCCC1. The van der Waals surface area contributed by atoms with Gasteiger partial charge in [-0.2, -0.15) is 0 Å². The second-order valence-electron chi connectivity index (χ2n) is 16.1. The largest absolute Gasteiger partial charge is 0.401 e. The van der Waals surface area contributed by atoms with Crippen molar-refractivity contribution in [1.82, 2.24) is 4.57 Å². The van der Waals surface area contributed by atoms with E-state index in [1.165, 1.54) is 121 Å². The van der Waals surface area contributed by atoms with Gasteiger partial charge in [-0.25, -0.2) is 0 Å². The van der Waals surface area contributed by atoms with Crippen LogP contribution in [0, 0.1) is 0 Å². The quantitative estimate of drug-likeness (QED) is 0.118. The molecule has 0 heterocycles. The molecule has 0 radical (unpaired) electrons. The average Bonchev–Trinajstić information content (AvgIpc) is 3.70. The molecule has 0 aromatic heterocycles. The third-order valence-electron chi connectivity index (χ3n) is 12.6. The van der Waals surface area contributed by atoms with E-state index in [0.29, 0.717) is 12.1 Å². The molecule has 4 nitrogen and oxygen atoms in total. The van der Waals surface area contributed by atoms with Crippen LogP contribution in [0.15, 0.2) is 91.0 Å². The molecule has 0 aliphatic heterocycles. The summed E-state index contributed by atoms with van der Waals surface area (Å²) in [6.07, 6.45) is 13.9. The van der Waals surface area contributed by atoms with Gasteiger partial charge in [-0.05, 0) is 108 Å². The fraction of sp³-hybridized carbons (Fsp3) is 0.561. The van der Waals surface area contributed by atoms with Crippen molar-refractivity contribution in [2.75, 3.05) is 27.8 Å². The predicted molar refractivity (Wildman–Crippen MR) is 247 cm³/mol. The molecule has 4 unspecified atom stereocenters. The molecule has 4 atom stereocenters. The van der Waals surface area contributed by atoms with Crippen molar-refractivity contribution >= 4 is 71.5 Å². The summed E-state index contributed by atoms with van der Waals surface area (Å²) >= 11 is 0. The first-order chi connectivity index (χ1) is 25.0. The van der Waals surface area contributed by atoms with Gasteiger partial charge in [0, 0.05) is 64.7 Å². The van der Waals surface area contributed by atoms with Crippen LogP contribution in [0.1, 0.15) is 78.1 Å². The second-order valence-corrected chi connectivity index (χ2v) is 36.9. The molecule has 5 rings (SSSR count). The van der Waals surface area contributed by atoms with E-state index in [1.54, 1.807) is 17.4 Å². The molecule has 3 aromatic carbocycles. The highest BCUT2D eigenvalue weighted by atomic mass is 29.2. The lowest BCUT2D eigenvalue weighted by molar-refractivity contribution is 0.441. The van der Waals surface area contributed by atoms with Crippen molar-refractivity contribution < 1.29 is 0 Å². The molecule has 2 fully saturated rings. The van der Waals surface area contributed by atoms with Gasteiger partial charge in [0.15, 0.2) is 8.48 Å². The van der Waals surface area contributed by atoms with Crippen molar-refractivity contribution in [2.45, 2.75) is 132 Å². The molecule has 0 amide bonds. The van der Waals surface area contributed by atoms with Crippen LogP contribution in [0.4, 0.5) is 17.1 Å². The number of anilines is 3. The second kappa shape index (κ2) is 20.7. The van der Waals surface area contributed by atoms with Gasteiger partial charge in [0.05, 0.1) is 0 Å². The van der Waals surface area contributed by atoms with E-state index in [9.17, 15) is 0 Å². The lowest BCUT2D eigenvalue weighted by atomic mass is 9.95. The number of nitrogens with zero attached hydrogens (tertiary/aromatic N) is 4. The van der Waals surface area contributed by atoms with Crippen LogP contribution in [0.25, 0.3) is 0 Å². The van der Waals surface area contributed by atoms with Crippen LogP contribution in [0.2, 0.25) is 36.3 Å². The van der Waals surface area contributed by atoms with Gasteiger partial charge >= 0.3 is 0 Å². The summed E-state index contributed by atoms with van der Waals surface area (Å²) < 4.78 is 12.4. The van der Waals surface area contributed by atoms with E-state index in [4.69, 9.17) is 0 Å². The van der Waals surface area contributed by atoms with E-state index >= 15 is 0 Å². The van der Waals surface area contributed by atoms with Crippen molar-refractivity contribution in [3.05, 3.63) is 91.0 Å². The minimum absolute atomic E-state index is 0.241. The molecule has 3 aromatic rings. The lowest BCUT2D eigenvalue weighted by Gasteiger charge is -2.58. The summed E-state index contributed by atoms with van der Waals surface area (Å²) in [5.74, 6) is 0. The van der Waals surface area contributed by atoms with E-state index in [1.807, 2.05) is 0 Å². The zero-order valence-electron chi connectivity index (χ0n) is 33.4. The molecule has 2 saturated carbocycles. The van der Waals surface area contributed by atoms with E-state index in [-0.39, 0.29) is 9.04 Å². The number of rotatable bonds is 20. The van der Waals surface area contributed by atoms with Crippen LogP contribution < -0.4 is 13.7 Å². The Kier molecular flexibility index (Phi) is 16.4. The highest BCUT2D eigenvalue weighted by Gasteiger charge is 2.55. The molecule has 10 heteroatoms. The molecule has 280 valence electrons. The van der Waals surface area contributed by atoms with Crippen LogP contribution in [0.3, 0.4) is 0 Å². The lowest BCUT2D eigenvalue weighted by Crippen LogP contribution is -2.79. The fourth-order valence-electron chi connectivity index (χ4n) is 10.1. The topological polar surface area (TPSA) is 13.0 Å². The summed E-state index contributed by atoms with van der Waals surface area (Å²) in [5, 5.41) is 0. The molecular formula is C41H72N4Si6. The summed E-state index contributed by atoms with van der Waals surface area (Å²) in [7, 11) is 2.66. The van der Waals surface area contributed by atoms with E-state index in [2.05, 4.69) is 137 Å². The Hall–Kier alpha value is -1.68. The smallest absolute Gasteiger partial charge is 0.239 e.